The summed E-state index contributed by atoms with van der Waals surface area (Å²) in [4.78, 5) is 57.0. The Balaban J connectivity index is 3.39. The SMILES string of the molecule is CC(=O)OCC1O[C@@H](OC(C)=O)C(NC(=O)C(F)(F)F)C(OC(C)=O)[C@H]1OC(C)=O. The molecule has 14 heteroatoms. The van der Waals surface area contributed by atoms with Crippen molar-refractivity contribution in [3.05, 3.63) is 0 Å². The summed E-state index contributed by atoms with van der Waals surface area (Å²) in [5.74, 6) is -6.20. The number of esters is 4. The number of amides is 1. The summed E-state index contributed by atoms with van der Waals surface area (Å²) in [7, 11) is 0. The van der Waals surface area contributed by atoms with Crippen molar-refractivity contribution in [3.8, 4) is 0 Å². The average molecular weight is 443 g/mol. The maximum atomic E-state index is 12.8. The van der Waals surface area contributed by atoms with Gasteiger partial charge in [-0.3, -0.25) is 24.0 Å². The summed E-state index contributed by atoms with van der Waals surface area (Å²) in [6, 6.07) is -1.91. The number of carbonyl (C=O) groups excluding carboxylic acids is 5. The van der Waals surface area contributed by atoms with E-state index in [0.717, 1.165) is 27.7 Å². The molecule has 0 radical (unpaired) electrons. The predicted molar refractivity (Wildman–Crippen MR) is 86.2 cm³/mol. The topological polar surface area (TPSA) is 144 Å². The second-order valence-corrected chi connectivity index (χ2v) is 6.10. The Morgan fingerprint density at radius 1 is 0.833 bits per heavy atom. The molecule has 1 rings (SSSR count). The zero-order valence-electron chi connectivity index (χ0n) is 16.3. The van der Waals surface area contributed by atoms with Crippen molar-refractivity contribution in [2.45, 2.75) is 64.5 Å². The summed E-state index contributed by atoms with van der Waals surface area (Å²) in [6.07, 6.45) is -12.0. The van der Waals surface area contributed by atoms with Gasteiger partial charge in [-0.2, -0.15) is 13.2 Å². The molecule has 0 bridgehead atoms. The van der Waals surface area contributed by atoms with Crippen LogP contribution in [0.15, 0.2) is 0 Å². The van der Waals surface area contributed by atoms with Gasteiger partial charge in [-0.15, -0.1) is 0 Å². The lowest BCUT2D eigenvalue weighted by Crippen LogP contribution is -2.67. The van der Waals surface area contributed by atoms with Crippen LogP contribution in [-0.4, -0.2) is 73.2 Å². The van der Waals surface area contributed by atoms with Gasteiger partial charge in [0.15, 0.2) is 12.2 Å². The molecule has 1 saturated heterocycles. The Hall–Kier alpha value is -2.90. The summed E-state index contributed by atoms with van der Waals surface area (Å²) in [6.45, 7) is 3.22. The van der Waals surface area contributed by atoms with E-state index < -0.39 is 73.2 Å². The molecule has 170 valence electrons. The normalized spacial score (nSPS) is 26.2. The standard InChI is InChI=1S/C16H20F3NO10/c1-6(21)26-5-10-12(27-7(2)22)13(28-8(3)23)11(14(30-10)29-9(4)24)20-15(25)16(17,18)19/h10-14H,5H2,1-4H3,(H,20,25)/t10?,11?,12-,13?,14+/m0/s1. The Labute approximate surface area is 168 Å². The Bertz CT molecular complexity index is 695. The van der Waals surface area contributed by atoms with Gasteiger partial charge in [0.25, 0.3) is 0 Å². The summed E-state index contributed by atoms with van der Waals surface area (Å²) < 4.78 is 63.2. The highest BCUT2D eigenvalue weighted by Gasteiger charge is 2.54. The van der Waals surface area contributed by atoms with Crippen LogP contribution in [0.25, 0.3) is 0 Å². The largest absolute Gasteiger partial charge is 0.471 e. The monoisotopic (exact) mass is 443 g/mol. The van der Waals surface area contributed by atoms with Gasteiger partial charge in [-0.1, -0.05) is 0 Å². The minimum Gasteiger partial charge on any atom is -0.463 e. The van der Waals surface area contributed by atoms with Gasteiger partial charge in [0.2, 0.25) is 6.29 Å². The number of hydrogen-bond acceptors (Lipinski definition) is 10. The second kappa shape index (κ2) is 10.2. The third-order valence-electron chi connectivity index (χ3n) is 3.54. The van der Waals surface area contributed by atoms with E-state index in [9.17, 15) is 37.1 Å². The highest BCUT2D eigenvalue weighted by molar-refractivity contribution is 5.82. The smallest absolute Gasteiger partial charge is 0.463 e. The zero-order chi connectivity index (χ0) is 23.2. The van der Waals surface area contributed by atoms with E-state index in [0.29, 0.717) is 0 Å². The van der Waals surface area contributed by atoms with Gasteiger partial charge >= 0.3 is 36.0 Å². The minimum atomic E-state index is -5.34. The summed E-state index contributed by atoms with van der Waals surface area (Å²) in [5.41, 5.74) is 0. The minimum absolute atomic E-state index is 0.594. The maximum absolute atomic E-state index is 12.8. The van der Waals surface area contributed by atoms with Gasteiger partial charge in [0.1, 0.15) is 18.8 Å². The molecule has 0 spiro atoms. The van der Waals surface area contributed by atoms with Crippen LogP contribution in [-0.2, 0) is 47.7 Å². The first kappa shape index (κ1) is 25.1. The lowest BCUT2D eigenvalue weighted by Gasteiger charge is -2.44. The van der Waals surface area contributed by atoms with Gasteiger partial charge in [0.05, 0.1) is 0 Å². The first-order chi connectivity index (χ1) is 13.7. The Morgan fingerprint density at radius 3 is 1.77 bits per heavy atom. The molecule has 0 saturated carbocycles. The number of halogens is 3. The summed E-state index contributed by atoms with van der Waals surface area (Å²) >= 11 is 0. The van der Waals surface area contributed by atoms with Crippen molar-refractivity contribution in [2.24, 2.45) is 0 Å². The molecule has 3 unspecified atom stereocenters. The number of alkyl halides is 3. The maximum Gasteiger partial charge on any atom is 0.471 e. The van der Waals surface area contributed by atoms with Crippen LogP contribution in [0.1, 0.15) is 27.7 Å². The number of nitrogens with one attached hydrogen (secondary N) is 1. The van der Waals surface area contributed by atoms with Crippen molar-refractivity contribution in [2.75, 3.05) is 6.61 Å². The lowest BCUT2D eigenvalue weighted by atomic mass is 9.96. The number of rotatable bonds is 6. The molecule has 5 atom stereocenters. The fourth-order valence-corrected chi connectivity index (χ4v) is 2.55. The average Bonchev–Trinajstić information content (AvgIpc) is 2.56. The molecule has 1 aliphatic rings. The van der Waals surface area contributed by atoms with E-state index in [4.69, 9.17) is 23.7 Å². The van der Waals surface area contributed by atoms with E-state index in [2.05, 4.69) is 0 Å². The number of carbonyl (C=O) groups is 5. The third-order valence-corrected chi connectivity index (χ3v) is 3.54. The molecule has 30 heavy (non-hydrogen) atoms. The zero-order valence-corrected chi connectivity index (χ0v) is 16.3. The first-order valence-corrected chi connectivity index (χ1v) is 8.40. The quantitative estimate of drug-likeness (QED) is 0.431. The van der Waals surface area contributed by atoms with Crippen LogP contribution in [0.2, 0.25) is 0 Å². The van der Waals surface area contributed by atoms with E-state index in [1.165, 1.54) is 5.32 Å². The molecule has 1 N–H and O–H groups in total. The van der Waals surface area contributed by atoms with Gasteiger partial charge in [-0.25, -0.2) is 0 Å². The molecule has 1 heterocycles. The van der Waals surface area contributed by atoms with E-state index in [1.54, 1.807) is 0 Å². The Morgan fingerprint density at radius 2 is 1.33 bits per heavy atom. The van der Waals surface area contributed by atoms with E-state index >= 15 is 0 Å². The van der Waals surface area contributed by atoms with Crippen molar-refractivity contribution in [3.63, 3.8) is 0 Å². The van der Waals surface area contributed by atoms with E-state index in [1.807, 2.05) is 0 Å². The lowest BCUT2D eigenvalue weighted by molar-refractivity contribution is -0.272. The Kier molecular flexibility index (Phi) is 8.57. The highest BCUT2D eigenvalue weighted by Crippen LogP contribution is 2.29. The first-order valence-electron chi connectivity index (χ1n) is 8.40. The van der Waals surface area contributed by atoms with Gasteiger partial charge in [0, 0.05) is 27.7 Å². The third kappa shape index (κ3) is 7.50. The summed E-state index contributed by atoms with van der Waals surface area (Å²) in [5, 5.41) is 1.52. The fourth-order valence-electron chi connectivity index (χ4n) is 2.55. The fraction of sp³-hybridized carbons (Fsp3) is 0.688. The van der Waals surface area contributed by atoms with Crippen LogP contribution in [0.5, 0.6) is 0 Å². The van der Waals surface area contributed by atoms with Crippen molar-refractivity contribution >= 4 is 29.8 Å². The van der Waals surface area contributed by atoms with E-state index in [-0.39, 0.29) is 0 Å². The second-order valence-electron chi connectivity index (χ2n) is 6.10. The van der Waals surface area contributed by atoms with Crippen LogP contribution in [0, 0.1) is 0 Å². The molecule has 1 fully saturated rings. The molecule has 0 aromatic carbocycles. The van der Waals surface area contributed by atoms with Crippen LogP contribution >= 0.6 is 0 Å². The molecular weight excluding hydrogens is 423 g/mol. The molecule has 1 amide bonds. The number of ether oxygens (including phenoxy) is 5. The molecule has 0 aromatic rings. The molecular formula is C16H20F3NO10. The van der Waals surface area contributed by atoms with Crippen LogP contribution in [0.3, 0.4) is 0 Å². The molecule has 0 aliphatic carbocycles. The molecule has 1 aliphatic heterocycles. The van der Waals surface area contributed by atoms with Crippen molar-refractivity contribution in [1.29, 1.82) is 0 Å². The number of hydrogen-bond donors (Lipinski definition) is 1. The predicted octanol–water partition coefficient (Wildman–Crippen LogP) is -0.252. The molecule has 11 nitrogen and oxygen atoms in total. The van der Waals surface area contributed by atoms with Gasteiger partial charge < -0.3 is 29.0 Å². The highest BCUT2D eigenvalue weighted by atomic mass is 19.4. The van der Waals surface area contributed by atoms with Crippen molar-refractivity contribution < 1.29 is 60.8 Å². The van der Waals surface area contributed by atoms with Crippen LogP contribution < -0.4 is 5.32 Å². The van der Waals surface area contributed by atoms with Gasteiger partial charge in [-0.05, 0) is 0 Å². The van der Waals surface area contributed by atoms with Crippen molar-refractivity contribution in [1.82, 2.24) is 5.32 Å². The molecule has 0 aromatic heterocycles. The van der Waals surface area contributed by atoms with Crippen LogP contribution in [0.4, 0.5) is 13.2 Å².